The zero-order chi connectivity index (χ0) is 22.0. The average Bonchev–Trinajstić information content (AvgIpc) is 3.23. The molecule has 5 rings (SSSR count). The van der Waals surface area contributed by atoms with E-state index in [0.717, 1.165) is 42.0 Å². The number of hydrogen-bond acceptors (Lipinski definition) is 1. The zero-order valence-electron chi connectivity index (χ0n) is 18.8. The van der Waals surface area contributed by atoms with Gasteiger partial charge in [-0.1, -0.05) is 61.8 Å². The Kier molecular flexibility index (Phi) is 4.79. The van der Waals surface area contributed by atoms with Crippen molar-refractivity contribution in [2.24, 2.45) is 0 Å². The Morgan fingerprint density at radius 3 is 1.58 bits per heavy atom. The second-order valence-corrected chi connectivity index (χ2v) is 10.1. The number of carbonyl (C=O) groups excluding carboxylic acids is 1. The lowest BCUT2D eigenvalue weighted by Crippen LogP contribution is -2.24. The minimum atomic E-state index is -0.0298. The van der Waals surface area contributed by atoms with Gasteiger partial charge in [0.1, 0.15) is 6.29 Å². The van der Waals surface area contributed by atoms with Gasteiger partial charge in [-0.3, -0.25) is 4.79 Å². The van der Waals surface area contributed by atoms with E-state index < -0.39 is 0 Å². The highest BCUT2D eigenvalue weighted by molar-refractivity contribution is 9.10. The Morgan fingerprint density at radius 2 is 1.10 bits per heavy atom. The Hall–Kier alpha value is -2.19. The molecule has 0 heterocycles. The molecular weight excluding hydrogens is 444 g/mol. The summed E-state index contributed by atoms with van der Waals surface area (Å²) in [5, 5.41) is 0. The van der Waals surface area contributed by atoms with Crippen molar-refractivity contribution < 1.29 is 4.79 Å². The second-order valence-electron chi connectivity index (χ2n) is 9.13. The zero-order valence-corrected chi connectivity index (χ0v) is 20.4. The SMILES string of the molecule is CCC1(CC)c2cc(Br)ccc2-c2cc3c(cc21)-c1ccc(C=O)cc1C3(CC)CC. The molecule has 0 fully saturated rings. The van der Waals surface area contributed by atoms with Gasteiger partial charge in [-0.05, 0) is 101 Å². The van der Waals surface area contributed by atoms with Gasteiger partial charge in [0.15, 0.2) is 0 Å². The topological polar surface area (TPSA) is 17.1 Å². The molecule has 0 aliphatic heterocycles. The van der Waals surface area contributed by atoms with Gasteiger partial charge in [0.2, 0.25) is 0 Å². The molecule has 0 amide bonds. The number of benzene rings is 3. The van der Waals surface area contributed by atoms with E-state index in [0.29, 0.717) is 0 Å². The normalized spacial score (nSPS) is 16.4. The van der Waals surface area contributed by atoms with Crippen molar-refractivity contribution >= 4 is 22.2 Å². The van der Waals surface area contributed by atoms with Crippen LogP contribution in [0.3, 0.4) is 0 Å². The third kappa shape index (κ3) is 2.52. The quantitative estimate of drug-likeness (QED) is 0.340. The van der Waals surface area contributed by atoms with Gasteiger partial charge in [-0.25, -0.2) is 0 Å². The molecule has 0 spiro atoms. The van der Waals surface area contributed by atoms with E-state index in [4.69, 9.17) is 0 Å². The van der Waals surface area contributed by atoms with Gasteiger partial charge in [-0.2, -0.15) is 0 Å². The molecule has 0 radical (unpaired) electrons. The van der Waals surface area contributed by atoms with Crippen LogP contribution in [0, 0.1) is 0 Å². The Morgan fingerprint density at radius 1 is 0.645 bits per heavy atom. The van der Waals surface area contributed by atoms with Crippen LogP contribution in [0.1, 0.15) is 86.0 Å². The maximum atomic E-state index is 11.6. The largest absolute Gasteiger partial charge is 0.298 e. The number of aldehydes is 1. The first-order valence-corrected chi connectivity index (χ1v) is 12.4. The molecule has 0 atom stereocenters. The number of halogens is 1. The van der Waals surface area contributed by atoms with Gasteiger partial charge in [0.25, 0.3) is 0 Å². The first-order valence-electron chi connectivity index (χ1n) is 11.6. The standard InChI is InChI=1S/C29H29BrO/c1-5-28(6-2)24-13-18(17-31)9-11-20(24)22-15-27-23(16-26(22)28)21-12-10-19(30)14-25(21)29(27,7-3)8-4/h9-17H,5-8H2,1-4H3. The van der Waals surface area contributed by atoms with Gasteiger partial charge >= 0.3 is 0 Å². The highest BCUT2D eigenvalue weighted by atomic mass is 79.9. The lowest BCUT2D eigenvalue weighted by Gasteiger charge is -2.32. The lowest BCUT2D eigenvalue weighted by molar-refractivity contribution is 0.112. The van der Waals surface area contributed by atoms with Crippen LogP contribution in [0.25, 0.3) is 22.3 Å². The molecule has 0 saturated carbocycles. The van der Waals surface area contributed by atoms with Gasteiger partial charge < -0.3 is 0 Å². The fourth-order valence-corrected chi connectivity index (χ4v) is 6.93. The van der Waals surface area contributed by atoms with Crippen LogP contribution in [0.15, 0.2) is 53.0 Å². The molecule has 2 aliphatic carbocycles. The van der Waals surface area contributed by atoms with E-state index in [-0.39, 0.29) is 10.8 Å². The summed E-state index contributed by atoms with van der Waals surface area (Å²) in [6.07, 6.45) is 5.21. The number of hydrogen-bond donors (Lipinski definition) is 0. The van der Waals surface area contributed by atoms with Crippen molar-refractivity contribution in [1.82, 2.24) is 0 Å². The summed E-state index contributed by atoms with van der Waals surface area (Å²) in [6, 6.07) is 18.1. The van der Waals surface area contributed by atoms with E-state index in [1.165, 1.54) is 44.5 Å². The summed E-state index contributed by atoms with van der Waals surface area (Å²) < 4.78 is 1.15. The minimum absolute atomic E-state index is 0.0298. The third-order valence-electron chi connectivity index (χ3n) is 8.38. The third-order valence-corrected chi connectivity index (χ3v) is 8.87. The van der Waals surface area contributed by atoms with Crippen LogP contribution >= 0.6 is 15.9 Å². The molecule has 158 valence electrons. The Bertz CT molecular complexity index is 1210. The smallest absolute Gasteiger partial charge is 0.150 e. The minimum Gasteiger partial charge on any atom is -0.298 e. The average molecular weight is 473 g/mol. The van der Waals surface area contributed by atoms with Crippen LogP contribution < -0.4 is 0 Å². The van der Waals surface area contributed by atoms with Crippen molar-refractivity contribution in [3.63, 3.8) is 0 Å². The van der Waals surface area contributed by atoms with Gasteiger partial charge in [0, 0.05) is 20.9 Å². The molecule has 31 heavy (non-hydrogen) atoms. The van der Waals surface area contributed by atoms with E-state index in [9.17, 15) is 4.79 Å². The Balaban J connectivity index is 1.87. The predicted octanol–water partition coefficient (Wildman–Crippen LogP) is 8.43. The van der Waals surface area contributed by atoms with E-state index in [2.05, 4.69) is 86.1 Å². The molecule has 0 aromatic heterocycles. The molecule has 0 bridgehead atoms. The number of fused-ring (bicyclic) bond motifs is 6. The van der Waals surface area contributed by atoms with E-state index >= 15 is 0 Å². The maximum Gasteiger partial charge on any atom is 0.150 e. The van der Waals surface area contributed by atoms with Gasteiger partial charge in [-0.15, -0.1) is 0 Å². The molecule has 0 unspecified atom stereocenters. The number of rotatable bonds is 5. The molecule has 0 saturated heterocycles. The second kappa shape index (κ2) is 7.17. The summed E-state index contributed by atoms with van der Waals surface area (Å²) >= 11 is 3.72. The first-order chi connectivity index (χ1) is 15.0. The van der Waals surface area contributed by atoms with Crippen molar-refractivity contribution in [1.29, 1.82) is 0 Å². The van der Waals surface area contributed by atoms with Crippen molar-refractivity contribution in [3.8, 4) is 22.3 Å². The van der Waals surface area contributed by atoms with Crippen molar-refractivity contribution in [3.05, 3.63) is 80.8 Å². The summed E-state index contributed by atoms with van der Waals surface area (Å²) in [4.78, 5) is 11.6. The predicted molar refractivity (Wildman–Crippen MR) is 133 cm³/mol. The van der Waals surface area contributed by atoms with E-state index in [1.54, 1.807) is 0 Å². The number of carbonyl (C=O) groups is 1. The molecule has 1 nitrogen and oxygen atoms in total. The fourth-order valence-electron chi connectivity index (χ4n) is 6.56. The summed E-state index contributed by atoms with van der Waals surface area (Å²) in [5.41, 5.74) is 12.0. The van der Waals surface area contributed by atoms with Crippen LogP contribution in [0.4, 0.5) is 0 Å². The molecule has 0 N–H and O–H groups in total. The van der Waals surface area contributed by atoms with Crippen LogP contribution in [0.5, 0.6) is 0 Å². The van der Waals surface area contributed by atoms with Crippen molar-refractivity contribution in [2.45, 2.75) is 64.2 Å². The molecule has 2 aliphatic rings. The highest BCUT2D eigenvalue weighted by Gasteiger charge is 2.46. The summed E-state index contributed by atoms with van der Waals surface area (Å²) in [5.74, 6) is 0. The molecule has 2 heteroatoms. The van der Waals surface area contributed by atoms with Crippen LogP contribution in [-0.4, -0.2) is 6.29 Å². The lowest BCUT2D eigenvalue weighted by atomic mass is 9.71. The first kappa shape index (κ1) is 20.7. The molecule has 3 aromatic rings. The van der Waals surface area contributed by atoms with Gasteiger partial charge in [0.05, 0.1) is 0 Å². The van der Waals surface area contributed by atoms with Crippen molar-refractivity contribution in [2.75, 3.05) is 0 Å². The van der Waals surface area contributed by atoms with Crippen LogP contribution in [0.2, 0.25) is 0 Å². The molecule has 3 aromatic carbocycles. The van der Waals surface area contributed by atoms with Crippen LogP contribution in [-0.2, 0) is 10.8 Å². The van der Waals surface area contributed by atoms with E-state index in [1.807, 2.05) is 6.07 Å². The summed E-state index contributed by atoms with van der Waals surface area (Å²) in [7, 11) is 0. The molecular formula is C29H29BrO. The Labute approximate surface area is 194 Å². The summed E-state index contributed by atoms with van der Waals surface area (Å²) in [6.45, 7) is 9.22. The fraction of sp³-hybridized carbons (Fsp3) is 0.345. The highest BCUT2D eigenvalue weighted by Crippen LogP contribution is 2.59. The maximum absolute atomic E-state index is 11.6. The monoisotopic (exact) mass is 472 g/mol.